The van der Waals surface area contributed by atoms with Crippen LogP contribution in [0, 0.1) is 6.92 Å². The van der Waals surface area contributed by atoms with Gasteiger partial charge in [-0.1, -0.05) is 5.16 Å². The average Bonchev–Trinajstić information content (AvgIpc) is 2.70. The van der Waals surface area contributed by atoms with Crippen LogP contribution in [0.15, 0.2) is 15.3 Å². The van der Waals surface area contributed by atoms with Crippen LogP contribution in [-0.4, -0.2) is 26.7 Å². The molecule has 17 heavy (non-hydrogen) atoms. The van der Waals surface area contributed by atoms with Gasteiger partial charge in [0.2, 0.25) is 5.89 Å². The van der Waals surface area contributed by atoms with E-state index in [4.69, 9.17) is 10.3 Å². The summed E-state index contributed by atoms with van der Waals surface area (Å²) in [5.41, 5.74) is 5.63. The van der Waals surface area contributed by atoms with E-state index in [-0.39, 0.29) is 0 Å². The number of anilines is 2. The summed E-state index contributed by atoms with van der Waals surface area (Å²) < 4.78 is 5.52. The fraction of sp³-hybridized carbons (Fsp3) is 0.333. The van der Waals surface area contributed by atoms with Crippen molar-refractivity contribution in [3.63, 3.8) is 0 Å². The summed E-state index contributed by atoms with van der Waals surface area (Å²) in [6.07, 6.45) is 2.05. The molecule has 0 amide bonds. The number of aryl methyl sites for hydroxylation is 1. The third-order valence-corrected chi connectivity index (χ3v) is 2.81. The molecule has 3 N–H and O–H groups in total. The van der Waals surface area contributed by atoms with E-state index in [0.29, 0.717) is 40.8 Å². The zero-order chi connectivity index (χ0) is 12.3. The highest BCUT2D eigenvalue weighted by atomic mass is 79.9. The number of hydrogen-bond acceptors (Lipinski definition) is 7. The second-order valence-corrected chi connectivity index (χ2v) is 4.12. The molecule has 0 atom stereocenters. The Morgan fingerprint density at radius 3 is 3.00 bits per heavy atom. The molecule has 2 heterocycles. The molecule has 0 aliphatic heterocycles. The molecule has 0 aromatic carbocycles. The van der Waals surface area contributed by atoms with Crippen molar-refractivity contribution in [2.75, 3.05) is 17.6 Å². The van der Waals surface area contributed by atoms with Crippen molar-refractivity contribution in [2.24, 2.45) is 0 Å². The van der Waals surface area contributed by atoms with Crippen LogP contribution in [0.1, 0.15) is 11.7 Å². The fourth-order valence-electron chi connectivity index (χ4n) is 1.24. The zero-order valence-electron chi connectivity index (χ0n) is 9.14. The molecule has 0 radical (unpaired) electrons. The lowest BCUT2D eigenvalue weighted by atomic mass is 10.4. The highest BCUT2D eigenvalue weighted by Gasteiger charge is 2.06. The topological polar surface area (TPSA) is 103 Å². The Bertz CT molecular complexity index is 514. The largest absolute Gasteiger partial charge is 0.383 e. The predicted molar refractivity (Wildman–Crippen MR) is 65.4 cm³/mol. The monoisotopic (exact) mass is 298 g/mol. The van der Waals surface area contributed by atoms with Crippen molar-refractivity contribution in [1.29, 1.82) is 0 Å². The first-order valence-electron chi connectivity index (χ1n) is 4.96. The van der Waals surface area contributed by atoms with Gasteiger partial charge in [0.05, 0.1) is 0 Å². The van der Waals surface area contributed by atoms with E-state index in [9.17, 15) is 0 Å². The molecular formula is C9H11BrN6O. The molecule has 0 aliphatic carbocycles. The maximum absolute atomic E-state index is 5.63. The Hall–Kier alpha value is -1.70. The summed E-state index contributed by atoms with van der Waals surface area (Å²) in [6, 6.07) is 0. The number of aromatic nitrogens is 4. The Labute approximate surface area is 106 Å². The van der Waals surface area contributed by atoms with Crippen molar-refractivity contribution in [1.82, 2.24) is 20.1 Å². The van der Waals surface area contributed by atoms with Gasteiger partial charge < -0.3 is 15.6 Å². The summed E-state index contributed by atoms with van der Waals surface area (Å²) >= 11 is 3.31. The quantitative estimate of drug-likeness (QED) is 0.873. The van der Waals surface area contributed by atoms with Gasteiger partial charge in [0.1, 0.15) is 22.4 Å². The Morgan fingerprint density at radius 1 is 1.47 bits per heavy atom. The second-order valence-electron chi connectivity index (χ2n) is 3.33. The first kappa shape index (κ1) is 11.8. The van der Waals surface area contributed by atoms with Gasteiger partial charge in [0.15, 0.2) is 5.82 Å². The molecule has 0 spiro atoms. The first-order valence-corrected chi connectivity index (χ1v) is 5.75. The lowest BCUT2D eigenvalue weighted by Crippen LogP contribution is -2.09. The van der Waals surface area contributed by atoms with Gasteiger partial charge in [-0.15, -0.1) is 0 Å². The van der Waals surface area contributed by atoms with Crippen LogP contribution in [-0.2, 0) is 6.42 Å². The van der Waals surface area contributed by atoms with Gasteiger partial charge in [-0.2, -0.15) is 4.98 Å². The number of halogens is 1. The van der Waals surface area contributed by atoms with Gasteiger partial charge in [-0.3, -0.25) is 0 Å². The third kappa shape index (κ3) is 2.90. The van der Waals surface area contributed by atoms with Crippen molar-refractivity contribution < 1.29 is 4.52 Å². The summed E-state index contributed by atoms with van der Waals surface area (Å²) in [6.45, 7) is 2.39. The van der Waals surface area contributed by atoms with E-state index >= 15 is 0 Å². The second kappa shape index (κ2) is 5.09. The van der Waals surface area contributed by atoms with E-state index in [1.165, 1.54) is 6.33 Å². The molecule has 0 saturated carbocycles. The van der Waals surface area contributed by atoms with Crippen LogP contribution in [0.25, 0.3) is 0 Å². The molecule has 0 saturated heterocycles. The van der Waals surface area contributed by atoms with Crippen LogP contribution in [0.5, 0.6) is 0 Å². The molecule has 0 bridgehead atoms. The van der Waals surface area contributed by atoms with Gasteiger partial charge in [-0.25, -0.2) is 9.97 Å². The van der Waals surface area contributed by atoms with Crippen molar-refractivity contribution in [2.45, 2.75) is 13.3 Å². The molecule has 2 rings (SSSR count). The molecule has 0 aliphatic rings. The first-order chi connectivity index (χ1) is 8.16. The van der Waals surface area contributed by atoms with Gasteiger partial charge in [0.25, 0.3) is 0 Å². The fourth-order valence-corrected chi connectivity index (χ4v) is 1.59. The summed E-state index contributed by atoms with van der Waals surface area (Å²) in [4.78, 5) is 12.0. The molecule has 0 fully saturated rings. The number of nitrogens with one attached hydrogen (secondary N) is 1. The standard InChI is InChI=1S/C9H11BrN6O/c1-5-15-6(16-17-5)2-3-12-9-7(10)8(11)13-4-14-9/h4H,2-3H2,1H3,(H3,11,12,13,14). The van der Waals surface area contributed by atoms with Crippen molar-refractivity contribution in [3.05, 3.63) is 22.5 Å². The minimum Gasteiger partial charge on any atom is -0.383 e. The van der Waals surface area contributed by atoms with Crippen LogP contribution in [0.4, 0.5) is 11.6 Å². The van der Waals surface area contributed by atoms with Crippen LogP contribution in [0.3, 0.4) is 0 Å². The minimum absolute atomic E-state index is 0.401. The number of nitrogens with two attached hydrogens (primary N) is 1. The maximum atomic E-state index is 5.63. The number of hydrogen-bond donors (Lipinski definition) is 2. The summed E-state index contributed by atoms with van der Waals surface area (Å²) in [5, 5.41) is 6.90. The van der Waals surface area contributed by atoms with Crippen LogP contribution < -0.4 is 11.1 Å². The van der Waals surface area contributed by atoms with E-state index in [1.807, 2.05) is 0 Å². The summed E-state index contributed by atoms with van der Waals surface area (Å²) in [5.74, 6) is 2.27. The van der Waals surface area contributed by atoms with Crippen molar-refractivity contribution in [3.8, 4) is 0 Å². The lowest BCUT2D eigenvalue weighted by Gasteiger charge is -2.06. The molecule has 7 nitrogen and oxygen atoms in total. The summed E-state index contributed by atoms with van der Waals surface area (Å²) in [7, 11) is 0. The Kier molecular flexibility index (Phi) is 3.52. The van der Waals surface area contributed by atoms with E-state index in [0.717, 1.165) is 0 Å². The van der Waals surface area contributed by atoms with E-state index in [2.05, 4.69) is 41.4 Å². The van der Waals surface area contributed by atoms with Gasteiger partial charge >= 0.3 is 0 Å². The van der Waals surface area contributed by atoms with Crippen molar-refractivity contribution >= 4 is 27.6 Å². The average molecular weight is 299 g/mol. The molecule has 2 aromatic heterocycles. The lowest BCUT2D eigenvalue weighted by molar-refractivity contribution is 0.387. The minimum atomic E-state index is 0.401. The normalized spacial score (nSPS) is 10.5. The van der Waals surface area contributed by atoms with Gasteiger partial charge in [-0.05, 0) is 15.9 Å². The molecule has 0 unspecified atom stereocenters. The zero-order valence-corrected chi connectivity index (χ0v) is 10.7. The van der Waals surface area contributed by atoms with E-state index < -0.39 is 0 Å². The third-order valence-electron chi connectivity index (χ3n) is 2.03. The molecule has 2 aromatic rings. The van der Waals surface area contributed by atoms with Gasteiger partial charge in [0, 0.05) is 19.9 Å². The predicted octanol–water partition coefficient (Wildman–Crippen LogP) is 1.17. The van der Waals surface area contributed by atoms with E-state index in [1.54, 1.807) is 6.92 Å². The highest BCUT2D eigenvalue weighted by Crippen LogP contribution is 2.23. The number of nitrogen functional groups attached to an aromatic ring is 1. The van der Waals surface area contributed by atoms with Crippen LogP contribution >= 0.6 is 15.9 Å². The Balaban J connectivity index is 1.92. The SMILES string of the molecule is Cc1nc(CCNc2ncnc(N)c2Br)no1. The molecule has 8 heteroatoms. The smallest absolute Gasteiger partial charge is 0.223 e. The maximum Gasteiger partial charge on any atom is 0.223 e. The highest BCUT2D eigenvalue weighted by molar-refractivity contribution is 9.10. The molecule has 90 valence electrons. The molecular weight excluding hydrogens is 288 g/mol. The van der Waals surface area contributed by atoms with Crippen LogP contribution in [0.2, 0.25) is 0 Å². The Morgan fingerprint density at radius 2 is 2.29 bits per heavy atom. The number of rotatable bonds is 4. The number of nitrogens with zero attached hydrogens (tertiary/aromatic N) is 4.